The lowest BCUT2D eigenvalue weighted by molar-refractivity contribution is 0.0488. The Labute approximate surface area is 158 Å². The average Bonchev–Trinajstić information content (AvgIpc) is 2.55. The Morgan fingerprint density at radius 2 is 1.88 bits per heavy atom. The molecule has 9 heteroatoms. The highest BCUT2D eigenvalue weighted by atomic mass is 35.5. The van der Waals surface area contributed by atoms with Crippen molar-refractivity contribution in [3.8, 4) is 0 Å². The van der Waals surface area contributed by atoms with Gasteiger partial charge in [-0.25, -0.2) is 13.2 Å². The standard InChI is InChI=1S/C16H21Cl2NO5S/c1-11(2)3-6-24-16(20)12-9-15(14(18)10-13(12)17)25(21,22)19-4-7-23-8-5-19/h9-11H,3-8H2,1-2H3. The van der Waals surface area contributed by atoms with Crippen LogP contribution in [0.4, 0.5) is 0 Å². The second-order valence-electron chi connectivity index (χ2n) is 6.10. The molecule has 140 valence electrons. The lowest BCUT2D eigenvalue weighted by Gasteiger charge is -2.26. The lowest BCUT2D eigenvalue weighted by atomic mass is 10.1. The molecule has 0 unspecified atom stereocenters. The van der Waals surface area contributed by atoms with Gasteiger partial charge in [-0.05, 0) is 24.5 Å². The summed E-state index contributed by atoms with van der Waals surface area (Å²) in [6, 6.07) is 2.45. The first-order chi connectivity index (χ1) is 11.7. The molecule has 0 bridgehead atoms. The van der Waals surface area contributed by atoms with Crippen LogP contribution >= 0.6 is 23.2 Å². The van der Waals surface area contributed by atoms with Gasteiger partial charge in [-0.2, -0.15) is 4.31 Å². The van der Waals surface area contributed by atoms with Gasteiger partial charge in [0, 0.05) is 13.1 Å². The molecule has 0 amide bonds. The maximum Gasteiger partial charge on any atom is 0.339 e. The fraction of sp³-hybridized carbons (Fsp3) is 0.562. The largest absolute Gasteiger partial charge is 0.462 e. The zero-order valence-electron chi connectivity index (χ0n) is 14.1. The molecule has 1 aliphatic heterocycles. The van der Waals surface area contributed by atoms with Gasteiger partial charge in [0.15, 0.2) is 0 Å². The normalized spacial score (nSPS) is 16.2. The molecule has 25 heavy (non-hydrogen) atoms. The fourth-order valence-electron chi connectivity index (χ4n) is 2.27. The number of hydrogen-bond donors (Lipinski definition) is 0. The number of carbonyl (C=O) groups excluding carboxylic acids is 1. The molecule has 1 aliphatic rings. The van der Waals surface area contributed by atoms with Crippen LogP contribution in [0, 0.1) is 5.92 Å². The van der Waals surface area contributed by atoms with Crippen LogP contribution in [0.5, 0.6) is 0 Å². The van der Waals surface area contributed by atoms with Crippen LogP contribution in [0.3, 0.4) is 0 Å². The number of ether oxygens (including phenoxy) is 2. The van der Waals surface area contributed by atoms with Crippen LogP contribution in [0.2, 0.25) is 10.0 Å². The van der Waals surface area contributed by atoms with Gasteiger partial charge in [-0.3, -0.25) is 0 Å². The predicted molar refractivity (Wildman–Crippen MR) is 95.8 cm³/mol. The van der Waals surface area contributed by atoms with Crippen molar-refractivity contribution in [2.45, 2.75) is 25.2 Å². The molecule has 0 aromatic heterocycles. The Balaban J connectivity index is 2.29. The molecular formula is C16H21Cl2NO5S. The third-order valence-corrected chi connectivity index (χ3v) is 6.43. The quantitative estimate of drug-likeness (QED) is 0.674. The van der Waals surface area contributed by atoms with Crippen molar-refractivity contribution in [2.75, 3.05) is 32.9 Å². The summed E-state index contributed by atoms with van der Waals surface area (Å²) in [7, 11) is -3.84. The van der Waals surface area contributed by atoms with E-state index in [4.69, 9.17) is 32.7 Å². The minimum absolute atomic E-state index is 0.0124. The first-order valence-corrected chi connectivity index (χ1v) is 10.2. The highest BCUT2D eigenvalue weighted by molar-refractivity contribution is 7.89. The first-order valence-electron chi connectivity index (χ1n) is 7.97. The molecular weight excluding hydrogens is 389 g/mol. The summed E-state index contributed by atoms with van der Waals surface area (Å²) < 4.78 is 37.2. The summed E-state index contributed by atoms with van der Waals surface area (Å²) in [5.41, 5.74) is -0.0124. The first kappa shape index (κ1) is 20.5. The third-order valence-electron chi connectivity index (χ3n) is 3.76. The zero-order chi connectivity index (χ0) is 18.6. The van der Waals surface area contributed by atoms with Gasteiger partial charge in [-0.1, -0.05) is 37.0 Å². The Morgan fingerprint density at radius 3 is 2.48 bits per heavy atom. The van der Waals surface area contributed by atoms with Gasteiger partial charge in [0.2, 0.25) is 10.0 Å². The fourth-order valence-corrected chi connectivity index (χ4v) is 4.51. The number of halogens is 2. The van der Waals surface area contributed by atoms with E-state index in [-0.39, 0.29) is 40.2 Å². The number of carbonyl (C=O) groups is 1. The smallest absolute Gasteiger partial charge is 0.339 e. The molecule has 2 rings (SSSR count). The van der Waals surface area contributed by atoms with Crippen molar-refractivity contribution in [3.05, 3.63) is 27.7 Å². The van der Waals surface area contributed by atoms with E-state index in [1.54, 1.807) is 0 Å². The second kappa shape index (κ2) is 8.68. The third kappa shape index (κ3) is 5.08. The minimum Gasteiger partial charge on any atom is -0.462 e. The number of esters is 1. The molecule has 0 aliphatic carbocycles. The van der Waals surface area contributed by atoms with Crippen molar-refractivity contribution in [1.82, 2.24) is 4.31 Å². The van der Waals surface area contributed by atoms with E-state index in [1.165, 1.54) is 16.4 Å². The maximum atomic E-state index is 12.8. The molecule has 1 aromatic carbocycles. The van der Waals surface area contributed by atoms with E-state index in [9.17, 15) is 13.2 Å². The van der Waals surface area contributed by atoms with E-state index < -0.39 is 16.0 Å². The van der Waals surface area contributed by atoms with Gasteiger partial charge in [-0.15, -0.1) is 0 Å². The average molecular weight is 410 g/mol. The van der Waals surface area contributed by atoms with Gasteiger partial charge in [0.1, 0.15) is 4.90 Å². The summed E-state index contributed by atoms with van der Waals surface area (Å²) in [6.07, 6.45) is 0.704. The van der Waals surface area contributed by atoms with Crippen LogP contribution in [0.15, 0.2) is 17.0 Å². The molecule has 0 spiro atoms. The summed E-state index contributed by atoms with van der Waals surface area (Å²) in [5, 5.41) is 0.0238. The summed E-state index contributed by atoms with van der Waals surface area (Å²) >= 11 is 12.1. The Kier molecular flexibility index (Phi) is 7.10. The molecule has 1 heterocycles. The highest BCUT2D eigenvalue weighted by Gasteiger charge is 2.30. The van der Waals surface area contributed by atoms with Crippen molar-refractivity contribution in [1.29, 1.82) is 0 Å². The predicted octanol–water partition coefficient (Wildman–Crippen LogP) is 3.22. The van der Waals surface area contributed by atoms with Crippen LogP contribution in [0.25, 0.3) is 0 Å². The Bertz CT molecular complexity index is 730. The van der Waals surface area contributed by atoms with Gasteiger partial charge < -0.3 is 9.47 Å². The number of hydrogen-bond acceptors (Lipinski definition) is 5. The molecule has 0 radical (unpaired) electrons. The van der Waals surface area contributed by atoms with Crippen LogP contribution in [-0.4, -0.2) is 51.6 Å². The van der Waals surface area contributed by atoms with Gasteiger partial charge in [0.05, 0.1) is 35.4 Å². The van der Waals surface area contributed by atoms with E-state index >= 15 is 0 Å². The van der Waals surface area contributed by atoms with E-state index in [0.29, 0.717) is 25.6 Å². The lowest BCUT2D eigenvalue weighted by Crippen LogP contribution is -2.40. The summed E-state index contributed by atoms with van der Waals surface area (Å²) in [4.78, 5) is 12.1. The number of nitrogens with zero attached hydrogens (tertiary/aromatic N) is 1. The number of morpholine rings is 1. The van der Waals surface area contributed by atoms with Crippen LogP contribution in [0.1, 0.15) is 30.6 Å². The minimum atomic E-state index is -3.84. The number of rotatable bonds is 6. The second-order valence-corrected chi connectivity index (χ2v) is 8.82. The van der Waals surface area contributed by atoms with Crippen molar-refractivity contribution in [3.63, 3.8) is 0 Å². The molecule has 0 saturated carbocycles. The van der Waals surface area contributed by atoms with Gasteiger partial charge >= 0.3 is 5.97 Å². The van der Waals surface area contributed by atoms with Crippen LogP contribution < -0.4 is 0 Å². The summed E-state index contributed by atoms with van der Waals surface area (Å²) in [6.45, 7) is 5.35. The van der Waals surface area contributed by atoms with Crippen molar-refractivity contribution >= 4 is 39.2 Å². The molecule has 6 nitrogen and oxygen atoms in total. The molecule has 1 aromatic rings. The topological polar surface area (TPSA) is 72.9 Å². The van der Waals surface area contributed by atoms with E-state index in [0.717, 1.165) is 0 Å². The van der Waals surface area contributed by atoms with Crippen molar-refractivity contribution < 1.29 is 22.7 Å². The Hall–Kier alpha value is -0.860. The van der Waals surface area contributed by atoms with E-state index in [1.807, 2.05) is 13.8 Å². The SMILES string of the molecule is CC(C)CCOC(=O)c1cc(S(=O)(=O)N2CCOCC2)c(Cl)cc1Cl. The zero-order valence-corrected chi connectivity index (χ0v) is 16.5. The molecule has 1 saturated heterocycles. The van der Waals surface area contributed by atoms with E-state index in [2.05, 4.69) is 0 Å². The molecule has 0 N–H and O–H groups in total. The number of sulfonamides is 1. The highest BCUT2D eigenvalue weighted by Crippen LogP contribution is 2.31. The monoisotopic (exact) mass is 409 g/mol. The van der Waals surface area contributed by atoms with Gasteiger partial charge in [0.25, 0.3) is 0 Å². The summed E-state index contributed by atoms with van der Waals surface area (Å²) in [5.74, 6) is -0.286. The van der Waals surface area contributed by atoms with Crippen molar-refractivity contribution in [2.24, 2.45) is 5.92 Å². The number of benzene rings is 1. The Morgan fingerprint density at radius 1 is 1.24 bits per heavy atom. The van der Waals surface area contributed by atoms with Crippen LogP contribution in [-0.2, 0) is 19.5 Å². The maximum absolute atomic E-state index is 12.8. The molecule has 0 atom stereocenters. The molecule has 1 fully saturated rings.